The predicted octanol–water partition coefficient (Wildman–Crippen LogP) is 1.69. The fourth-order valence-electron chi connectivity index (χ4n) is 4.10. The lowest BCUT2D eigenvalue weighted by atomic mass is 9.78. The van der Waals surface area contributed by atoms with Crippen LogP contribution in [0.5, 0.6) is 0 Å². The SMILES string of the molecule is CC1=C(C(=O)NCCCN2CCCC2=O)C2(CCCCC2)OC1=O. The molecular formula is C18H26N2O4. The fraction of sp³-hybridized carbons (Fsp3) is 0.722. The van der Waals surface area contributed by atoms with Gasteiger partial charge < -0.3 is 15.0 Å². The number of esters is 1. The molecule has 1 spiro atoms. The van der Waals surface area contributed by atoms with E-state index in [0.29, 0.717) is 30.7 Å². The molecule has 0 aromatic rings. The predicted molar refractivity (Wildman–Crippen MR) is 88.0 cm³/mol. The second kappa shape index (κ2) is 6.95. The summed E-state index contributed by atoms with van der Waals surface area (Å²) in [5.74, 6) is -0.339. The molecule has 0 aromatic carbocycles. The molecule has 1 saturated carbocycles. The van der Waals surface area contributed by atoms with E-state index in [1.54, 1.807) is 6.92 Å². The molecule has 1 N–H and O–H groups in total. The van der Waals surface area contributed by atoms with Gasteiger partial charge in [-0.15, -0.1) is 0 Å². The zero-order valence-corrected chi connectivity index (χ0v) is 14.4. The van der Waals surface area contributed by atoms with Crippen LogP contribution in [0.4, 0.5) is 0 Å². The van der Waals surface area contributed by atoms with Crippen LogP contribution in [0.15, 0.2) is 11.1 Å². The van der Waals surface area contributed by atoms with Crippen molar-refractivity contribution < 1.29 is 19.1 Å². The first-order chi connectivity index (χ1) is 11.5. The maximum absolute atomic E-state index is 12.7. The molecule has 3 aliphatic rings. The standard InChI is InChI=1S/C18H26N2O4/c1-13-15(18(24-17(13)23)8-3-2-4-9-18)16(22)19-10-6-12-20-11-5-7-14(20)21/h2-12H2,1H3,(H,19,22). The van der Waals surface area contributed by atoms with Gasteiger partial charge in [-0.05, 0) is 45.4 Å². The molecule has 2 aliphatic heterocycles. The topological polar surface area (TPSA) is 75.7 Å². The largest absolute Gasteiger partial charge is 0.451 e. The lowest BCUT2D eigenvalue weighted by molar-refractivity contribution is -0.149. The van der Waals surface area contributed by atoms with Gasteiger partial charge in [-0.3, -0.25) is 9.59 Å². The van der Waals surface area contributed by atoms with E-state index in [1.807, 2.05) is 4.90 Å². The van der Waals surface area contributed by atoms with Crippen molar-refractivity contribution in [2.24, 2.45) is 0 Å². The Morgan fingerprint density at radius 1 is 1.21 bits per heavy atom. The maximum Gasteiger partial charge on any atom is 0.335 e. The van der Waals surface area contributed by atoms with Crippen molar-refractivity contribution in [1.82, 2.24) is 10.2 Å². The van der Waals surface area contributed by atoms with E-state index in [4.69, 9.17) is 4.74 Å². The molecule has 0 radical (unpaired) electrons. The smallest absolute Gasteiger partial charge is 0.335 e. The summed E-state index contributed by atoms with van der Waals surface area (Å²) in [5, 5.41) is 2.92. The Labute approximate surface area is 142 Å². The minimum absolute atomic E-state index is 0.187. The van der Waals surface area contributed by atoms with Gasteiger partial charge in [0.15, 0.2) is 0 Å². The van der Waals surface area contributed by atoms with Gasteiger partial charge in [-0.2, -0.15) is 0 Å². The summed E-state index contributed by atoms with van der Waals surface area (Å²) in [6.45, 7) is 3.69. The number of rotatable bonds is 5. The molecule has 6 heteroatoms. The van der Waals surface area contributed by atoms with Gasteiger partial charge in [0.05, 0.1) is 5.57 Å². The highest BCUT2D eigenvalue weighted by atomic mass is 16.6. The quantitative estimate of drug-likeness (QED) is 0.613. The number of hydrogen-bond donors (Lipinski definition) is 1. The summed E-state index contributed by atoms with van der Waals surface area (Å²) in [7, 11) is 0. The van der Waals surface area contributed by atoms with Crippen LogP contribution in [0.25, 0.3) is 0 Å². The van der Waals surface area contributed by atoms with E-state index in [1.165, 1.54) is 0 Å². The van der Waals surface area contributed by atoms with Crippen molar-refractivity contribution in [3.8, 4) is 0 Å². The maximum atomic E-state index is 12.7. The molecule has 6 nitrogen and oxygen atoms in total. The second-order valence-electron chi connectivity index (χ2n) is 7.04. The van der Waals surface area contributed by atoms with Crippen LogP contribution in [0.2, 0.25) is 0 Å². The number of carbonyl (C=O) groups is 3. The summed E-state index contributed by atoms with van der Waals surface area (Å²) >= 11 is 0. The Hall–Kier alpha value is -1.85. The van der Waals surface area contributed by atoms with Crippen molar-refractivity contribution in [3.63, 3.8) is 0 Å². The van der Waals surface area contributed by atoms with E-state index in [9.17, 15) is 14.4 Å². The first-order valence-corrected chi connectivity index (χ1v) is 9.04. The highest BCUT2D eigenvalue weighted by molar-refractivity contribution is 6.07. The van der Waals surface area contributed by atoms with Crippen molar-refractivity contribution >= 4 is 17.8 Å². The normalized spacial score (nSPS) is 23.1. The number of nitrogens with zero attached hydrogens (tertiary/aromatic N) is 1. The van der Waals surface area contributed by atoms with E-state index in [0.717, 1.165) is 51.5 Å². The summed E-state index contributed by atoms with van der Waals surface area (Å²) in [6.07, 6.45) is 6.85. The minimum atomic E-state index is -0.700. The molecule has 1 saturated heterocycles. The summed E-state index contributed by atoms with van der Waals surface area (Å²) in [4.78, 5) is 38.1. The van der Waals surface area contributed by atoms with Crippen LogP contribution < -0.4 is 5.32 Å². The number of ether oxygens (including phenoxy) is 1. The van der Waals surface area contributed by atoms with Crippen LogP contribution in [0, 0.1) is 0 Å². The molecule has 0 aromatic heterocycles. The second-order valence-corrected chi connectivity index (χ2v) is 7.04. The molecule has 2 fully saturated rings. The molecule has 1 aliphatic carbocycles. The Morgan fingerprint density at radius 3 is 2.62 bits per heavy atom. The number of nitrogens with one attached hydrogen (secondary N) is 1. The highest BCUT2D eigenvalue weighted by Gasteiger charge is 2.49. The van der Waals surface area contributed by atoms with Crippen molar-refractivity contribution in [3.05, 3.63) is 11.1 Å². The van der Waals surface area contributed by atoms with E-state index >= 15 is 0 Å². The van der Waals surface area contributed by atoms with Gasteiger partial charge in [-0.25, -0.2) is 4.79 Å². The lowest BCUT2D eigenvalue weighted by Gasteiger charge is -2.34. The van der Waals surface area contributed by atoms with Crippen LogP contribution in [-0.2, 0) is 19.1 Å². The summed E-state index contributed by atoms with van der Waals surface area (Å²) in [6, 6.07) is 0. The Kier molecular flexibility index (Phi) is 4.92. The summed E-state index contributed by atoms with van der Waals surface area (Å²) in [5.41, 5.74) is 0.280. The third-order valence-electron chi connectivity index (χ3n) is 5.37. The van der Waals surface area contributed by atoms with Crippen molar-refractivity contribution in [2.45, 2.75) is 63.9 Å². The van der Waals surface area contributed by atoms with Crippen LogP contribution in [0.3, 0.4) is 0 Å². The first kappa shape index (κ1) is 17.0. The lowest BCUT2D eigenvalue weighted by Crippen LogP contribution is -2.41. The number of carbonyl (C=O) groups excluding carboxylic acids is 3. The van der Waals surface area contributed by atoms with Crippen LogP contribution in [0.1, 0.15) is 58.3 Å². The molecule has 3 rings (SSSR count). The molecular weight excluding hydrogens is 308 g/mol. The molecule has 0 atom stereocenters. The zero-order valence-electron chi connectivity index (χ0n) is 14.4. The number of hydrogen-bond acceptors (Lipinski definition) is 4. The molecule has 0 bridgehead atoms. The fourth-order valence-corrected chi connectivity index (χ4v) is 4.10. The van der Waals surface area contributed by atoms with Crippen LogP contribution >= 0.6 is 0 Å². The number of amides is 2. The zero-order chi connectivity index (χ0) is 17.2. The van der Waals surface area contributed by atoms with E-state index in [2.05, 4.69) is 5.32 Å². The highest BCUT2D eigenvalue weighted by Crippen LogP contribution is 2.43. The Bertz CT molecular complexity index is 576. The molecule has 24 heavy (non-hydrogen) atoms. The Morgan fingerprint density at radius 2 is 1.96 bits per heavy atom. The summed E-state index contributed by atoms with van der Waals surface area (Å²) < 4.78 is 5.61. The third kappa shape index (κ3) is 3.19. The molecule has 132 valence electrons. The average molecular weight is 334 g/mol. The van der Waals surface area contributed by atoms with Gasteiger partial charge in [0.25, 0.3) is 5.91 Å². The average Bonchev–Trinajstić information content (AvgIpc) is 3.06. The Balaban J connectivity index is 1.56. The van der Waals surface area contributed by atoms with Crippen LogP contribution in [-0.4, -0.2) is 47.9 Å². The van der Waals surface area contributed by atoms with Crippen molar-refractivity contribution in [1.29, 1.82) is 0 Å². The molecule has 2 heterocycles. The molecule has 0 unspecified atom stereocenters. The third-order valence-corrected chi connectivity index (χ3v) is 5.37. The van der Waals surface area contributed by atoms with Gasteiger partial charge in [0.2, 0.25) is 5.91 Å². The van der Waals surface area contributed by atoms with Gasteiger partial charge >= 0.3 is 5.97 Å². The van der Waals surface area contributed by atoms with Gasteiger partial charge in [0, 0.05) is 31.6 Å². The number of likely N-dealkylation sites (tertiary alicyclic amines) is 1. The van der Waals surface area contributed by atoms with E-state index in [-0.39, 0.29) is 17.8 Å². The van der Waals surface area contributed by atoms with Gasteiger partial charge in [0.1, 0.15) is 5.60 Å². The van der Waals surface area contributed by atoms with Crippen molar-refractivity contribution in [2.75, 3.05) is 19.6 Å². The molecule has 2 amide bonds. The van der Waals surface area contributed by atoms with E-state index < -0.39 is 5.60 Å². The minimum Gasteiger partial charge on any atom is -0.451 e. The van der Waals surface area contributed by atoms with Gasteiger partial charge in [-0.1, -0.05) is 6.42 Å². The first-order valence-electron chi connectivity index (χ1n) is 9.04. The monoisotopic (exact) mass is 334 g/mol.